The second kappa shape index (κ2) is 9.04. The highest BCUT2D eigenvalue weighted by Crippen LogP contribution is 2.15. The molecule has 7 nitrogen and oxygen atoms in total. The average molecular weight is 432 g/mol. The Morgan fingerprint density at radius 2 is 1.83 bits per heavy atom. The number of nitrogens with zero attached hydrogens (tertiary/aromatic N) is 1. The van der Waals surface area contributed by atoms with Crippen molar-refractivity contribution in [1.29, 1.82) is 0 Å². The number of rotatable bonds is 7. The van der Waals surface area contributed by atoms with Crippen molar-refractivity contribution in [3.63, 3.8) is 0 Å². The zero-order valence-corrected chi connectivity index (χ0v) is 17.0. The van der Waals surface area contributed by atoms with Gasteiger partial charge in [-0.1, -0.05) is 29.8 Å². The Morgan fingerprint density at radius 1 is 1.10 bits per heavy atom. The number of carbonyl (C=O) groups excluding carboxylic acids is 1. The first-order valence-electron chi connectivity index (χ1n) is 8.58. The van der Waals surface area contributed by atoms with Gasteiger partial charge in [-0.3, -0.25) is 4.79 Å². The molecule has 0 aliphatic carbocycles. The minimum Gasteiger partial charge on any atom is -0.459 e. The van der Waals surface area contributed by atoms with Crippen LogP contribution in [-0.4, -0.2) is 20.5 Å². The molecular weight excluding hydrogens is 414 g/mol. The van der Waals surface area contributed by atoms with Gasteiger partial charge in [0, 0.05) is 10.6 Å². The Morgan fingerprint density at radius 3 is 2.55 bits per heavy atom. The molecular formula is C20H18ClN3O4S. The van der Waals surface area contributed by atoms with E-state index in [1.165, 1.54) is 30.5 Å². The first-order chi connectivity index (χ1) is 13.8. The molecule has 0 saturated carbocycles. The van der Waals surface area contributed by atoms with E-state index in [2.05, 4.69) is 15.2 Å². The van der Waals surface area contributed by atoms with Crippen LogP contribution < -0.4 is 10.1 Å². The van der Waals surface area contributed by atoms with Crippen LogP contribution in [0.3, 0.4) is 0 Å². The van der Waals surface area contributed by atoms with Gasteiger partial charge in [-0.05, 0) is 55.0 Å². The number of hydrazone groups is 1. The standard InChI is InChI=1S/C20H18ClN3O4S/c1-14-4-2-3-5-19(14)20(25)24-22-12-16-8-9-17(28-16)13-23-29(26,27)18-10-6-15(21)7-11-18/h2-12,23H,13H2,1H3,(H,24,25)/b22-12-. The molecule has 2 aromatic carbocycles. The molecule has 0 aliphatic heterocycles. The van der Waals surface area contributed by atoms with E-state index in [1.807, 2.05) is 19.1 Å². The number of aryl methyl sites for hydroxylation is 1. The second-order valence-electron chi connectivity index (χ2n) is 6.10. The van der Waals surface area contributed by atoms with Gasteiger partial charge in [-0.15, -0.1) is 0 Å². The van der Waals surface area contributed by atoms with Crippen LogP contribution in [0.25, 0.3) is 0 Å². The molecule has 3 rings (SSSR count). The fourth-order valence-corrected chi connectivity index (χ4v) is 3.58. The summed E-state index contributed by atoms with van der Waals surface area (Å²) in [7, 11) is -3.69. The van der Waals surface area contributed by atoms with Gasteiger partial charge in [0.15, 0.2) is 0 Å². The van der Waals surface area contributed by atoms with Crippen LogP contribution in [0, 0.1) is 6.92 Å². The molecule has 0 radical (unpaired) electrons. The van der Waals surface area contributed by atoms with Crippen LogP contribution in [-0.2, 0) is 16.6 Å². The number of carbonyl (C=O) groups is 1. The topological polar surface area (TPSA) is 101 Å². The summed E-state index contributed by atoms with van der Waals surface area (Å²) in [5.41, 5.74) is 3.80. The lowest BCUT2D eigenvalue weighted by molar-refractivity contribution is 0.0954. The molecule has 150 valence electrons. The molecule has 1 aromatic heterocycles. The SMILES string of the molecule is Cc1ccccc1C(=O)N/N=C\c1ccc(CNS(=O)(=O)c2ccc(Cl)cc2)o1. The highest BCUT2D eigenvalue weighted by molar-refractivity contribution is 7.89. The lowest BCUT2D eigenvalue weighted by Crippen LogP contribution is -2.22. The Labute approximate surface area is 173 Å². The fourth-order valence-electron chi connectivity index (χ4n) is 2.46. The second-order valence-corrected chi connectivity index (χ2v) is 8.30. The van der Waals surface area contributed by atoms with Crippen LogP contribution in [0.2, 0.25) is 5.02 Å². The molecule has 1 amide bonds. The Balaban J connectivity index is 1.56. The lowest BCUT2D eigenvalue weighted by atomic mass is 10.1. The molecule has 0 spiro atoms. The van der Waals surface area contributed by atoms with E-state index in [0.717, 1.165) is 5.56 Å². The lowest BCUT2D eigenvalue weighted by Gasteiger charge is -2.05. The normalized spacial score (nSPS) is 11.7. The Bertz CT molecular complexity index is 1140. The van der Waals surface area contributed by atoms with Crippen LogP contribution >= 0.6 is 11.6 Å². The van der Waals surface area contributed by atoms with Gasteiger partial charge in [-0.25, -0.2) is 18.6 Å². The smallest absolute Gasteiger partial charge is 0.271 e. The summed E-state index contributed by atoms with van der Waals surface area (Å²) in [5.74, 6) is 0.437. The minimum absolute atomic E-state index is 0.0334. The zero-order valence-electron chi connectivity index (χ0n) is 15.4. The van der Waals surface area contributed by atoms with Crippen molar-refractivity contribution in [1.82, 2.24) is 10.1 Å². The first kappa shape index (κ1) is 20.8. The Hall–Kier alpha value is -2.94. The third kappa shape index (κ3) is 5.54. The van der Waals surface area contributed by atoms with Gasteiger partial charge in [-0.2, -0.15) is 5.10 Å². The van der Waals surface area contributed by atoms with Crippen LogP contribution in [0.1, 0.15) is 27.4 Å². The molecule has 0 aliphatic rings. The van der Waals surface area contributed by atoms with Crippen molar-refractivity contribution >= 4 is 33.7 Å². The minimum atomic E-state index is -3.69. The van der Waals surface area contributed by atoms with Crippen molar-refractivity contribution in [2.24, 2.45) is 5.10 Å². The van der Waals surface area contributed by atoms with Gasteiger partial charge in [0.2, 0.25) is 10.0 Å². The molecule has 0 fully saturated rings. The summed E-state index contributed by atoms with van der Waals surface area (Å²) in [6.07, 6.45) is 1.34. The average Bonchev–Trinajstić information content (AvgIpc) is 3.15. The van der Waals surface area contributed by atoms with Gasteiger partial charge >= 0.3 is 0 Å². The summed E-state index contributed by atoms with van der Waals surface area (Å²) < 4.78 is 32.5. The molecule has 0 bridgehead atoms. The zero-order chi connectivity index (χ0) is 20.9. The third-order valence-corrected chi connectivity index (χ3v) is 5.66. The predicted molar refractivity (Wildman–Crippen MR) is 110 cm³/mol. The maximum atomic E-state index is 12.3. The maximum absolute atomic E-state index is 12.3. The van der Waals surface area contributed by atoms with Crippen molar-refractivity contribution in [2.45, 2.75) is 18.4 Å². The van der Waals surface area contributed by atoms with Crippen molar-refractivity contribution in [2.75, 3.05) is 0 Å². The largest absolute Gasteiger partial charge is 0.459 e. The number of hydrogen-bond acceptors (Lipinski definition) is 5. The van der Waals surface area contributed by atoms with Gasteiger partial charge < -0.3 is 4.42 Å². The van der Waals surface area contributed by atoms with Crippen molar-refractivity contribution in [3.05, 3.63) is 88.3 Å². The van der Waals surface area contributed by atoms with E-state index in [9.17, 15) is 13.2 Å². The third-order valence-electron chi connectivity index (χ3n) is 3.99. The van der Waals surface area contributed by atoms with Crippen molar-refractivity contribution < 1.29 is 17.6 Å². The van der Waals surface area contributed by atoms with E-state index >= 15 is 0 Å². The van der Waals surface area contributed by atoms with Gasteiger partial charge in [0.05, 0.1) is 17.7 Å². The molecule has 0 saturated heterocycles. The van der Waals surface area contributed by atoms with E-state index in [0.29, 0.717) is 22.1 Å². The van der Waals surface area contributed by atoms with E-state index < -0.39 is 10.0 Å². The number of halogens is 1. The summed E-state index contributed by atoms with van der Waals surface area (Å²) >= 11 is 5.77. The molecule has 29 heavy (non-hydrogen) atoms. The summed E-state index contributed by atoms with van der Waals surface area (Å²) in [6.45, 7) is 1.80. The maximum Gasteiger partial charge on any atom is 0.271 e. The Kier molecular flexibility index (Phi) is 6.48. The number of hydrogen-bond donors (Lipinski definition) is 2. The monoisotopic (exact) mass is 431 g/mol. The van der Waals surface area contributed by atoms with Crippen LogP contribution in [0.5, 0.6) is 0 Å². The highest BCUT2D eigenvalue weighted by Gasteiger charge is 2.14. The molecule has 0 atom stereocenters. The molecule has 2 N–H and O–H groups in total. The molecule has 1 heterocycles. The summed E-state index contributed by atoms with van der Waals surface area (Å²) in [6, 6.07) is 16.2. The quantitative estimate of drug-likeness (QED) is 0.441. The highest BCUT2D eigenvalue weighted by atomic mass is 35.5. The molecule has 9 heteroatoms. The van der Waals surface area contributed by atoms with E-state index in [1.54, 1.807) is 24.3 Å². The van der Waals surface area contributed by atoms with Crippen molar-refractivity contribution in [3.8, 4) is 0 Å². The predicted octanol–water partition coefficient (Wildman–Crippen LogP) is 3.48. The fraction of sp³-hybridized carbons (Fsp3) is 0.100. The van der Waals surface area contributed by atoms with E-state index in [4.69, 9.17) is 16.0 Å². The van der Waals surface area contributed by atoms with E-state index in [-0.39, 0.29) is 17.3 Å². The van der Waals surface area contributed by atoms with Gasteiger partial charge in [0.1, 0.15) is 11.5 Å². The van der Waals surface area contributed by atoms with Gasteiger partial charge in [0.25, 0.3) is 5.91 Å². The molecule has 0 unspecified atom stereocenters. The number of nitrogens with one attached hydrogen (secondary N) is 2. The first-order valence-corrected chi connectivity index (χ1v) is 10.4. The van der Waals surface area contributed by atoms with Crippen LogP contribution in [0.15, 0.2) is 75.1 Å². The number of sulfonamides is 1. The number of benzene rings is 2. The molecule has 3 aromatic rings. The van der Waals surface area contributed by atoms with Crippen LogP contribution in [0.4, 0.5) is 0 Å². The summed E-state index contributed by atoms with van der Waals surface area (Å²) in [5, 5.41) is 4.32. The summed E-state index contributed by atoms with van der Waals surface area (Å²) in [4.78, 5) is 12.2. The number of amides is 1. The number of furan rings is 1.